The summed E-state index contributed by atoms with van der Waals surface area (Å²) < 4.78 is 26.2. The van der Waals surface area contributed by atoms with Crippen molar-refractivity contribution in [3.63, 3.8) is 0 Å². The van der Waals surface area contributed by atoms with Gasteiger partial charge in [0.05, 0.1) is 13.7 Å². The Bertz CT molecular complexity index is 1120. The largest absolute Gasteiger partial charge is 0.494 e. The molecular weight excluding hydrogens is 399 g/mol. The number of hydrogen-bond donors (Lipinski definition) is 0. The summed E-state index contributed by atoms with van der Waals surface area (Å²) in [6, 6.07) is 11.7. The molecule has 0 N–H and O–H groups in total. The van der Waals surface area contributed by atoms with Gasteiger partial charge in [0.25, 0.3) is 5.91 Å². The van der Waals surface area contributed by atoms with Gasteiger partial charge in [-0.05, 0) is 55.3 Å². The first kappa shape index (κ1) is 20.6. The molecule has 31 heavy (non-hydrogen) atoms. The summed E-state index contributed by atoms with van der Waals surface area (Å²) in [5, 5.41) is 4.31. The van der Waals surface area contributed by atoms with Crippen molar-refractivity contribution >= 4 is 12.0 Å². The molecule has 1 aliphatic heterocycles. The summed E-state index contributed by atoms with van der Waals surface area (Å²) in [5.74, 6) is 0.998. The Hall–Kier alpha value is -3.68. The number of carbonyl (C=O) groups is 1. The monoisotopic (exact) mass is 422 g/mol. The van der Waals surface area contributed by atoms with Crippen LogP contribution in [0.5, 0.6) is 5.75 Å². The fraction of sp³-hybridized carbons (Fsp3) is 0.261. The summed E-state index contributed by atoms with van der Waals surface area (Å²) in [4.78, 5) is 18.8. The van der Waals surface area contributed by atoms with Gasteiger partial charge in [-0.1, -0.05) is 18.2 Å². The van der Waals surface area contributed by atoms with Gasteiger partial charge in [0.2, 0.25) is 0 Å². The number of nitrogens with zero attached hydrogens (tertiary/aromatic N) is 4. The van der Waals surface area contributed by atoms with Crippen LogP contribution in [0.4, 0.5) is 4.39 Å². The predicted molar refractivity (Wildman–Crippen MR) is 113 cm³/mol. The van der Waals surface area contributed by atoms with Crippen LogP contribution in [-0.4, -0.2) is 45.3 Å². The highest BCUT2D eigenvalue weighted by molar-refractivity contribution is 5.96. The van der Waals surface area contributed by atoms with E-state index >= 15 is 0 Å². The van der Waals surface area contributed by atoms with Crippen LogP contribution < -0.4 is 4.74 Å². The van der Waals surface area contributed by atoms with Crippen molar-refractivity contribution in [3.05, 3.63) is 77.3 Å². The van der Waals surface area contributed by atoms with Gasteiger partial charge in [0.1, 0.15) is 35.5 Å². The summed E-state index contributed by atoms with van der Waals surface area (Å²) in [5.41, 5.74) is 2.36. The molecule has 2 aromatic carbocycles. The Balaban J connectivity index is 1.59. The lowest BCUT2D eigenvalue weighted by Crippen LogP contribution is -2.43. The van der Waals surface area contributed by atoms with E-state index in [-0.39, 0.29) is 23.6 Å². The molecule has 1 aromatic heterocycles. The maximum absolute atomic E-state index is 13.2. The highest BCUT2D eigenvalue weighted by Gasteiger charge is 2.29. The molecular formula is C23H23FN4O3. The van der Waals surface area contributed by atoms with E-state index in [4.69, 9.17) is 9.47 Å². The zero-order valence-electron chi connectivity index (χ0n) is 17.6. The number of benzene rings is 2. The maximum Gasteiger partial charge on any atom is 0.289 e. The lowest BCUT2D eigenvalue weighted by Gasteiger charge is -2.33. The minimum atomic E-state index is -0.301. The molecule has 3 aromatic rings. The second kappa shape index (κ2) is 8.59. The van der Waals surface area contributed by atoms with Crippen molar-refractivity contribution in [1.82, 2.24) is 19.7 Å². The average molecular weight is 422 g/mol. The number of rotatable bonds is 5. The molecule has 1 atom stereocenters. The number of carbonyl (C=O) groups excluding carboxylic acids is 1. The summed E-state index contributed by atoms with van der Waals surface area (Å²) in [6.07, 6.45) is 3.16. The Morgan fingerprint density at radius 3 is 2.71 bits per heavy atom. The first-order valence-electron chi connectivity index (χ1n) is 9.91. The normalized spacial score (nSPS) is 17.7. The Morgan fingerprint density at radius 2 is 2.03 bits per heavy atom. The SMILES string of the molecule is COc1cc(/C=C2\O[C@@H](C)CN(Cc3ccc(F)cc3)C2=O)ccc1-n1cnc(C)n1. The van der Waals surface area contributed by atoms with Crippen molar-refractivity contribution in [2.75, 3.05) is 13.7 Å². The van der Waals surface area contributed by atoms with Gasteiger partial charge >= 0.3 is 0 Å². The third-order valence-electron chi connectivity index (χ3n) is 4.95. The second-order valence-electron chi connectivity index (χ2n) is 7.42. The standard InChI is InChI=1S/C23H23FN4O3/c1-15-12-27(13-17-4-7-19(24)8-5-17)23(29)22(31-15)11-18-6-9-20(21(10-18)30-3)28-14-25-16(2)26-28/h4-11,14-15H,12-13H2,1-3H3/b22-11-/t15-/m0/s1. The van der Waals surface area contributed by atoms with Crippen LogP contribution in [0.1, 0.15) is 23.9 Å². The molecule has 8 heteroatoms. The molecule has 7 nitrogen and oxygen atoms in total. The summed E-state index contributed by atoms with van der Waals surface area (Å²) >= 11 is 0. The van der Waals surface area contributed by atoms with Gasteiger partial charge in [-0.2, -0.15) is 5.10 Å². The Morgan fingerprint density at radius 1 is 1.26 bits per heavy atom. The second-order valence-corrected chi connectivity index (χ2v) is 7.42. The zero-order valence-corrected chi connectivity index (χ0v) is 17.6. The van der Waals surface area contributed by atoms with Crippen LogP contribution in [0.2, 0.25) is 0 Å². The molecule has 1 saturated heterocycles. The van der Waals surface area contributed by atoms with Crippen molar-refractivity contribution in [2.45, 2.75) is 26.5 Å². The zero-order chi connectivity index (χ0) is 22.0. The van der Waals surface area contributed by atoms with E-state index in [1.807, 2.05) is 32.0 Å². The van der Waals surface area contributed by atoms with Gasteiger partial charge in [-0.25, -0.2) is 14.1 Å². The molecule has 0 saturated carbocycles. The number of methoxy groups -OCH3 is 1. The van der Waals surface area contributed by atoms with Crippen molar-refractivity contribution in [2.24, 2.45) is 0 Å². The molecule has 2 heterocycles. The van der Waals surface area contributed by atoms with E-state index in [0.29, 0.717) is 24.7 Å². The van der Waals surface area contributed by atoms with E-state index in [2.05, 4.69) is 10.1 Å². The molecule has 0 radical (unpaired) electrons. The predicted octanol–water partition coefficient (Wildman–Crippen LogP) is 3.51. The highest BCUT2D eigenvalue weighted by Crippen LogP contribution is 2.27. The number of aromatic nitrogens is 3. The van der Waals surface area contributed by atoms with Gasteiger partial charge in [-0.3, -0.25) is 4.79 Å². The van der Waals surface area contributed by atoms with Crippen LogP contribution in [0, 0.1) is 12.7 Å². The van der Waals surface area contributed by atoms with E-state index < -0.39 is 0 Å². The molecule has 1 amide bonds. The van der Waals surface area contributed by atoms with E-state index in [1.165, 1.54) is 12.1 Å². The van der Waals surface area contributed by atoms with Crippen LogP contribution >= 0.6 is 0 Å². The third kappa shape index (κ3) is 4.58. The van der Waals surface area contributed by atoms with Crippen molar-refractivity contribution < 1.29 is 18.7 Å². The summed E-state index contributed by atoms with van der Waals surface area (Å²) in [7, 11) is 1.58. The molecule has 0 spiro atoms. The molecule has 160 valence electrons. The number of morpholine rings is 1. The van der Waals surface area contributed by atoms with E-state index in [9.17, 15) is 9.18 Å². The molecule has 0 unspecified atom stereocenters. The number of hydrogen-bond acceptors (Lipinski definition) is 5. The molecule has 0 bridgehead atoms. The quantitative estimate of drug-likeness (QED) is 0.589. The minimum Gasteiger partial charge on any atom is -0.494 e. The van der Waals surface area contributed by atoms with Crippen LogP contribution in [0.25, 0.3) is 11.8 Å². The Labute approximate surface area is 179 Å². The van der Waals surface area contributed by atoms with E-state index in [1.54, 1.807) is 41.2 Å². The fourth-order valence-electron chi connectivity index (χ4n) is 3.48. The maximum atomic E-state index is 13.2. The van der Waals surface area contributed by atoms with E-state index in [0.717, 1.165) is 16.8 Å². The first-order valence-corrected chi connectivity index (χ1v) is 9.91. The number of amides is 1. The number of aryl methyl sites for hydroxylation is 1. The molecule has 1 aliphatic rings. The van der Waals surface area contributed by atoms with Gasteiger partial charge in [-0.15, -0.1) is 0 Å². The lowest BCUT2D eigenvalue weighted by atomic mass is 10.1. The Kier molecular flexibility index (Phi) is 5.70. The average Bonchev–Trinajstić information content (AvgIpc) is 3.19. The first-order chi connectivity index (χ1) is 14.9. The van der Waals surface area contributed by atoms with Crippen molar-refractivity contribution in [1.29, 1.82) is 0 Å². The van der Waals surface area contributed by atoms with Gasteiger partial charge in [0, 0.05) is 6.54 Å². The molecule has 1 fully saturated rings. The molecule has 4 rings (SSSR count). The van der Waals surface area contributed by atoms with Crippen molar-refractivity contribution in [3.8, 4) is 11.4 Å². The van der Waals surface area contributed by atoms with Crippen LogP contribution in [-0.2, 0) is 16.1 Å². The molecule has 0 aliphatic carbocycles. The highest BCUT2D eigenvalue weighted by atomic mass is 19.1. The van der Waals surface area contributed by atoms with Gasteiger partial charge < -0.3 is 14.4 Å². The minimum absolute atomic E-state index is 0.163. The topological polar surface area (TPSA) is 69.5 Å². The third-order valence-corrected chi connectivity index (χ3v) is 4.95. The smallest absolute Gasteiger partial charge is 0.289 e. The van der Waals surface area contributed by atoms with Crippen LogP contribution in [0.15, 0.2) is 54.6 Å². The number of ether oxygens (including phenoxy) is 2. The van der Waals surface area contributed by atoms with Crippen LogP contribution in [0.3, 0.4) is 0 Å². The van der Waals surface area contributed by atoms with Gasteiger partial charge in [0.15, 0.2) is 5.76 Å². The lowest BCUT2D eigenvalue weighted by molar-refractivity contribution is -0.139. The summed E-state index contributed by atoms with van der Waals surface area (Å²) in [6.45, 7) is 4.57. The fourth-order valence-corrected chi connectivity index (χ4v) is 3.48. The number of halogens is 1.